The Morgan fingerprint density at radius 1 is 0.302 bits per heavy atom. The molecule has 0 saturated heterocycles. The van der Waals surface area contributed by atoms with Gasteiger partial charge in [0.2, 0.25) is 0 Å². The number of para-hydroxylation sites is 1. The third-order valence-corrected chi connectivity index (χ3v) is 13.6. The summed E-state index contributed by atoms with van der Waals surface area (Å²) in [6.07, 6.45) is 0. The molecule has 0 N–H and O–H groups in total. The fourth-order valence-electron chi connectivity index (χ4n) is 11.0. The van der Waals surface area contributed by atoms with Crippen molar-refractivity contribution in [2.45, 2.75) is 5.41 Å². The Kier molecular flexibility index (Phi) is 7.85. The lowest BCUT2D eigenvalue weighted by Crippen LogP contribution is -2.26. The number of rotatable bonds is 6. The van der Waals surface area contributed by atoms with Gasteiger partial charge in [0.15, 0.2) is 0 Å². The molecule has 0 bridgehead atoms. The molecule has 0 atom stereocenters. The summed E-state index contributed by atoms with van der Waals surface area (Å²) in [6, 6.07) is 89.5. The number of hydrogen-bond acceptors (Lipinski definition) is 1. The fraction of sp³-hybridized carbons (Fsp3) is 0.0164. The molecule has 0 saturated carbocycles. The molecule has 0 unspecified atom stereocenters. The molecular formula is C61H40N2. The maximum Gasteiger partial charge on any atom is 0.0726 e. The van der Waals surface area contributed by atoms with Crippen LogP contribution in [0.15, 0.2) is 243 Å². The Balaban J connectivity index is 1.08. The summed E-state index contributed by atoms with van der Waals surface area (Å²) in [5, 5.41) is 2.45. The highest BCUT2D eigenvalue weighted by atomic mass is 15.1. The van der Waals surface area contributed by atoms with E-state index in [2.05, 4.69) is 252 Å². The topological polar surface area (TPSA) is 8.17 Å². The Morgan fingerprint density at radius 3 is 1.41 bits per heavy atom. The van der Waals surface area contributed by atoms with Crippen LogP contribution in [0.3, 0.4) is 0 Å². The third kappa shape index (κ3) is 5.19. The van der Waals surface area contributed by atoms with Crippen molar-refractivity contribution in [1.29, 1.82) is 0 Å². The van der Waals surface area contributed by atoms with Gasteiger partial charge in [0, 0.05) is 33.5 Å². The Hall–Kier alpha value is -8.20. The van der Waals surface area contributed by atoms with Gasteiger partial charge < -0.3 is 9.47 Å². The van der Waals surface area contributed by atoms with Crippen LogP contribution >= 0.6 is 0 Å². The van der Waals surface area contributed by atoms with Crippen molar-refractivity contribution < 1.29 is 0 Å². The Morgan fingerprint density at radius 2 is 0.778 bits per heavy atom. The highest BCUT2D eigenvalue weighted by Gasteiger charge is 2.51. The van der Waals surface area contributed by atoms with Crippen molar-refractivity contribution >= 4 is 38.9 Å². The average Bonchev–Trinajstić information content (AvgIpc) is 3.97. The summed E-state index contributed by atoms with van der Waals surface area (Å²) in [5.41, 5.74) is 21.7. The van der Waals surface area contributed by atoms with Crippen LogP contribution in [0.4, 0.5) is 17.1 Å². The average molecular weight is 801 g/mol. The van der Waals surface area contributed by atoms with Crippen molar-refractivity contribution in [2.24, 2.45) is 0 Å². The van der Waals surface area contributed by atoms with Crippen molar-refractivity contribution in [2.75, 3.05) is 4.90 Å². The fourth-order valence-corrected chi connectivity index (χ4v) is 11.0. The van der Waals surface area contributed by atoms with Gasteiger partial charge in [-0.15, -0.1) is 0 Å². The van der Waals surface area contributed by atoms with Crippen LogP contribution in [0.1, 0.15) is 22.3 Å². The van der Waals surface area contributed by atoms with Gasteiger partial charge in [-0.2, -0.15) is 0 Å². The van der Waals surface area contributed by atoms with Crippen molar-refractivity contribution in [3.05, 3.63) is 265 Å². The van der Waals surface area contributed by atoms with Gasteiger partial charge in [0.05, 0.1) is 16.4 Å². The minimum absolute atomic E-state index is 0.449. The molecule has 2 nitrogen and oxygen atoms in total. The van der Waals surface area contributed by atoms with Crippen molar-refractivity contribution in [3.63, 3.8) is 0 Å². The van der Waals surface area contributed by atoms with Gasteiger partial charge in [-0.3, -0.25) is 0 Å². The molecule has 2 heteroatoms. The van der Waals surface area contributed by atoms with Crippen LogP contribution in [-0.4, -0.2) is 4.57 Å². The zero-order valence-corrected chi connectivity index (χ0v) is 34.5. The first-order chi connectivity index (χ1) is 31.3. The monoisotopic (exact) mass is 800 g/mol. The van der Waals surface area contributed by atoms with Gasteiger partial charge >= 0.3 is 0 Å². The van der Waals surface area contributed by atoms with Gasteiger partial charge in [-0.25, -0.2) is 0 Å². The second-order valence-corrected chi connectivity index (χ2v) is 16.8. The van der Waals surface area contributed by atoms with E-state index in [1.165, 1.54) is 88.6 Å². The van der Waals surface area contributed by atoms with Crippen LogP contribution in [0.25, 0.3) is 72.0 Å². The molecule has 1 heterocycles. The first-order valence-corrected chi connectivity index (χ1v) is 21.8. The molecule has 1 aromatic heterocycles. The Labute approximate surface area is 367 Å². The molecule has 63 heavy (non-hydrogen) atoms. The van der Waals surface area contributed by atoms with Gasteiger partial charge in [-0.1, -0.05) is 182 Å². The molecule has 13 rings (SSSR count). The molecule has 0 fully saturated rings. The van der Waals surface area contributed by atoms with Gasteiger partial charge in [-0.05, 0) is 127 Å². The van der Waals surface area contributed by atoms with E-state index in [9.17, 15) is 0 Å². The molecule has 294 valence electrons. The quantitative estimate of drug-likeness (QED) is 0.163. The van der Waals surface area contributed by atoms with Gasteiger partial charge in [0.1, 0.15) is 0 Å². The number of hydrogen-bond donors (Lipinski definition) is 0. The van der Waals surface area contributed by atoms with E-state index in [0.29, 0.717) is 0 Å². The highest BCUT2D eigenvalue weighted by molar-refractivity contribution is 6.17. The van der Waals surface area contributed by atoms with E-state index >= 15 is 0 Å². The lowest BCUT2D eigenvalue weighted by atomic mass is 9.70. The Bertz CT molecular complexity index is 3480. The maximum atomic E-state index is 2.49. The van der Waals surface area contributed by atoms with Crippen molar-refractivity contribution in [1.82, 2.24) is 4.57 Å². The molecule has 0 amide bonds. The SMILES string of the molecule is c1ccc(-c2ccc(N(c3ccc4c(c3)C3(c5ccccc5-c5ccccc53)c3ccccc3-4)c3ccc4c(c3)c3c(-c5ccccc5)cccc3n4-c3ccccc3)cc2)cc1. The van der Waals surface area contributed by atoms with Crippen LogP contribution in [0.2, 0.25) is 0 Å². The first-order valence-electron chi connectivity index (χ1n) is 21.8. The molecule has 11 aromatic rings. The number of nitrogens with zero attached hydrogens (tertiary/aromatic N) is 2. The lowest BCUT2D eigenvalue weighted by Gasteiger charge is -2.32. The summed E-state index contributed by atoms with van der Waals surface area (Å²) >= 11 is 0. The number of benzene rings is 10. The molecule has 2 aliphatic carbocycles. The van der Waals surface area contributed by atoms with E-state index in [4.69, 9.17) is 0 Å². The highest BCUT2D eigenvalue weighted by Crippen LogP contribution is 2.63. The van der Waals surface area contributed by atoms with E-state index in [1.54, 1.807) is 0 Å². The second-order valence-electron chi connectivity index (χ2n) is 16.8. The predicted molar refractivity (Wildman–Crippen MR) is 263 cm³/mol. The number of aromatic nitrogens is 1. The summed E-state index contributed by atoms with van der Waals surface area (Å²) in [7, 11) is 0. The van der Waals surface area contributed by atoms with E-state index in [-0.39, 0.29) is 0 Å². The minimum atomic E-state index is -0.449. The van der Waals surface area contributed by atoms with Crippen LogP contribution in [0, 0.1) is 0 Å². The summed E-state index contributed by atoms with van der Waals surface area (Å²) in [5.74, 6) is 0. The third-order valence-electron chi connectivity index (χ3n) is 13.6. The predicted octanol–water partition coefficient (Wildman–Crippen LogP) is 15.9. The van der Waals surface area contributed by atoms with E-state index in [0.717, 1.165) is 22.7 Å². The second kappa shape index (κ2) is 13.9. The normalized spacial score (nSPS) is 12.9. The maximum absolute atomic E-state index is 2.49. The zero-order valence-electron chi connectivity index (χ0n) is 34.5. The summed E-state index contributed by atoms with van der Waals surface area (Å²) in [4.78, 5) is 2.47. The van der Waals surface area contributed by atoms with Crippen molar-refractivity contribution in [3.8, 4) is 50.2 Å². The molecule has 2 aliphatic rings. The molecular weight excluding hydrogens is 761 g/mol. The van der Waals surface area contributed by atoms with Crippen LogP contribution < -0.4 is 4.90 Å². The van der Waals surface area contributed by atoms with E-state index < -0.39 is 5.41 Å². The standard InChI is InChI=1S/C61H40N2/c1-4-17-41(18-5-1)42-31-33-45(34-32-42)62(46-36-38-58-53(39-46)60-48(43-19-6-2-7-20-43)26-16-30-59(60)63(58)44-21-8-3-9-22-44)47-35-37-52-51-25-12-15-29-56(51)61(57(52)40-47)54-27-13-10-23-49(54)50-24-11-14-28-55(50)61/h1-40H. The first kappa shape index (κ1) is 35.5. The molecule has 0 aliphatic heterocycles. The van der Waals surface area contributed by atoms with Crippen LogP contribution in [-0.2, 0) is 5.41 Å². The summed E-state index contributed by atoms with van der Waals surface area (Å²) < 4.78 is 2.42. The lowest BCUT2D eigenvalue weighted by molar-refractivity contribution is 0.793. The summed E-state index contributed by atoms with van der Waals surface area (Å²) in [6.45, 7) is 0. The minimum Gasteiger partial charge on any atom is -0.310 e. The largest absolute Gasteiger partial charge is 0.310 e. The molecule has 10 aromatic carbocycles. The molecule has 0 radical (unpaired) electrons. The van der Waals surface area contributed by atoms with Gasteiger partial charge in [0.25, 0.3) is 0 Å². The number of fused-ring (bicyclic) bond motifs is 13. The number of anilines is 3. The smallest absolute Gasteiger partial charge is 0.0726 e. The van der Waals surface area contributed by atoms with E-state index in [1.807, 2.05) is 0 Å². The zero-order chi connectivity index (χ0) is 41.5. The van der Waals surface area contributed by atoms with Crippen LogP contribution in [0.5, 0.6) is 0 Å². The molecule has 1 spiro atoms.